The van der Waals surface area contributed by atoms with E-state index in [1.807, 2.05) is 5.32 Å². The fourth-order valence-corrected chi connectivity index (χ4v) is 2.36. The molecule has 2 heterocycles. The Kier molecular flexibility index (Phi) is 2.96. The fraction of sp³-hybridized carbons (Fsp3) is 0. The SMILES string of the molecule is Nc1c2c(cc(=O)n1-c1cc(F)ccc1[N+](=O)[O-])C(=O)NC2=O. The average Bonchev–Trinajstić information content (AvgIpc) is 2.73. The van der Waals surface area contributed by atoms with Crippen LogP contribution in [0.15, 0.2) is 29.1 Å². The van der Waals surface area contributed by atoms with Gasteiger partial charge < -0.3 is 5.73 Å². The number of benzene rings is 1. The molecule has 9 nitrogen and oxygen atoms in total. The van der Waals surface area contributed by atoms with E-state index in [0.717, 1.165) is 24.3 Å². The molecule has 0 unspecified atom stereocenters. The van der Waals surface area contributed by atoms with Gasteiger partial charge in [-0.25, -0.2) is 4.39 Å². The number of nitrogens with one attached hydrogen (secondary N) is 1. The zero-order valence-electron chi connectivity index (χ0n) is 11.2. The van der Waals surface area contributed by atoms with Gasteiger partial charge >= 0.3 is 0 Å². The molecule has 0 saturated carbocycles. The smallest absolute Gasteiger partial charge is 0.293 e. The van der Waals surface area contributed by atoms with E-state index in [2.05, 4.69) is 0 Å². The zero-order valence-corrected chi connectivity index (χ0v) is 11.2. The van der Waals surface area contributed by atoms with Crippen molar-refractivity contribution in [3.8, 4) is 5.69 Å². The highest BCUT2D eigenvalue weighted by atomic mass is 19.1. The Bertz CT molecular complexity index is 966. The van der Waals surface area contributed by atoms with Crippen LogP contribution >= 0.6 is 0 Å². The molecule has 116 valence electrons. The number of amides is 2. The second-order valence-electron chi connectivity index (χ2n) is 4.67. The van der Waals surface area contributed by atoms with Crippen LogP contribution in [0.4, 0.5) is 15.9 Å². The van der Waals surface area contributed by atoms with Gasteiger partial charge in [-0.2, -0.15) is 0 Å². The Balaban J connectivity index is 2.40. The molecule has 23 heavy (non-hydrogen) atoms. The summed E-state index contributed by atoms with van der Waals surface area (Å²) in [4.78, 5) is 45.7. The van der Waals surface area contributed by atoms with Gasteiger partial charge in [0.05, 0.1) is 16.1 Å². The van der Waals surface area contributed by atoms with E-state index < -0.39 is 45.3 Å². The fourth-order valence-electron chi connectivity index (χ4n) is 2.36. The molecule has 0 spiro atoms. The van der Waals surface area contributed by atoms with Crippen molar-refractivity contribution in [2.24, 2.45) is 0 Å². The molecule has 2 aromatic rings. The lowest BCUT2D eigenvalue weighted by Gasteiger charge is -2.12. The predicted octanol–water partition coefficient (Wildman–Crippen LogP) is 0.351. The number of anilines is 1. The molecule has 0 aliphatic carbocycles. The van der Waals surface area contributed by atoms with E-state index in [-0.39, 0.29) is 11.1 Å². The van der Waals surface area contributed by atoms with Crippen LogP contribution in [0.5, 0.6) is 0 Å². The van der Waals surface area contributed by atoms with Crippen molar-refractivity contribution >= 4 is 23.3 Å². The summed E-state index contributed by atoms with van der Waals surface area (Å²) in [7, 11) is 0. The number of aromatic nitrogens is 1. The van der Waals surface area contributed by atoms with Crippen molar-refractivity contribution in [1.29, 1.82) is 0 Å². The van der Waals surface area contributed by atoms with E-state index in [9.17, 15) is 28.9 Å². The van der Waals surface area contributed by atoms with Crippen LogP contribution in [0.1, 0.15) is 20.7 Å². The number of rotatable bonds is 2. The van der Waals surface area contributed by atoms with Crippen LogP contribution < -0.4 is 16.6 Å². The summed E-state index contributed by atoms with van der Waals surface area (Å²) in [5.74, 6) is -2.95. The number of hydrogen-bond acceptors (Lipinski definition) is 6. The molecule has 0 bridgehead atoms. The van der Waals surface area contributed by atoms with E-state index in [1.165, 1.54) is 0 Å². The number of carbonyl (C=O) groups excluding carboxylic acids is 2. The minimum Gasteiger partial charge on any atom is -0.384 e. The molecule has 0 fully saturated rings. The van der Waals surface area contributed by atoms with Crippen molar-refractivity contribution in [1.82, 2.24) is 9.88 Å². The standard InChI is InChI=1S/C13H7FN4O5/c14-5-1-2-7(18(22)23)8(3-5)17-9(19)4-6-10(11(17)15)13(21)16-12(6)20/h1-4H,15H2,(H,16,20,21). The first-order valence-corrected chi connectivity index (χ1v) is 6.16. The minimum absolute atomic E-state index is 0.229. The number of nitro benzene ring substituents is 1. The molecular weight excluding hydrogens is 311 g/mol. The summed E-state index contributed by atoms with van der Waals surface area (Å²) in [6.45, 7) is 0. The molecule has 1 aromatic carbocycles. The van der Waals surface area contributed by atoms with Gasteiger partial charge in [0.2, 0.25) is 0 Å². The van der Waals surface area contributed by atoms with Crippen LogP contribution in [0.3, 0.4) is 0 Å². The lowest BCUT2D eigenvalue weighted by Crippen LogP contribution is -2.24. The Hall–Kier alpha value is -3.56. The number of hydrogen-bond donors (Lipinski definition) is 2. The van der Waals surface area contributed by atoms with E-state index >= 15 is 0 Å². The van der Waals surface area contributed by atoms with Crippen molar-refractivity contribution in [2.45, 2.75) is 0 Å². The predicted molar refractivity (Wildman–Crippen MR) is 74.9 cm³/mol. The van der Waals surface area contributed by atoms with Gasteiger partial charge in [0.1, 0.15) is 17.3 Å². The number of nitrogens with two attached hydrogens (primary N) is 1. The van der Waals surface area contributed by atoms with Gasteiger partial charge in [0, 0.05) is 18.2 Å². The second kappa shape index (κ2) is 4.73. The zero-order chi connectivity index (χ0) is 16.9. The van der Waals surface area contributed by atoms with Crippen LogP contribution in [0, 0.1) is 15.9 Å². The normalized spacial score (nSPS) is 12.9. The molecule has 3 rings (SSSR count). The topological polar surface area (TPSA) is 137 Å². The van der Waals surface area contributed by atoms with Gasteiger partial charge in [0.15, 0.2) is 0 Å². The molecule has 10 heteroatoms. The maximum Gasteiger partial charge on any atom is 0.293 e. The van der Waals surface area contributed by atoms with Gasteiger partial charge in [-0.3, -0.25) is 34.4 Å². The molecular formula is C13H7FN4O5. The maximum atomic E-state index is 13.5. The quantitative estimate of drug-likeness (QED) is 0.465. The van der Waals surface area contributed by atoms with Crippen LogP contribution in [0.25, 0.3) is 5.69 Å². The number of pyridine rings is 1. The molecule has 3 N–H and O–H groups in total. The monoisotopic (exact) mass is 318 g/mol. The Morgan fingerprint density at radius 3 is 2.52 bits per heavy atom. The number of carbonyl (C=O) groups is 2. The van der Waals surface area contributed by atoms with Crippen LogP contribution in [-0.4, -0.2) is 21.3 Å². The highest BCUT2D eigenvalue weighted by molar-refractivity contribution is 6.23. The lowest BCUT2D eigenvalue weighted by molar-refractivity contribution is -0.384. The first-order valence-electron chi connectivity index (χ1n) is 6.16. The van der Waals surface area contributed by atoms with Crippen molar-refractivity contribution in [3.05, 3.63) is 61.7 Å². The summed E-state index contributed by atoms with van der Waals surface area (Å²) in [6.07, 6.45) is 0. The number of nitro groups is 1. The Morgan fingerprint density at radius 1 is 1.17 bits per heavy atom. The summed E-state index contributed by atoms with van der Waals surface area (Å²) < 4.78 is 14.1. The number of imide groups is 1. The molecule has 2 amide bonds. The summed E-state index contributed by atoms with van der Waals surface area (Å²) in [6, 6.07) is 3.29. The number of halogens is 1. The molecule has 1 aliphatic rings. The van der Waals surface area contributed by atoms with E-state index in [4.69, 9.17) is 5.73 Å². The summed E-state index contributed by atoms with van der Waals surface area (Å²) in [5, 5.41) is 13.0. The van der Waals surface area contributed by atoms with Crippen molar-refractivity contribution in [3.63, 3.8) is 0 Å². The highest BCUT2D eigenvalue weighted by Crippen LogP contribution is 2.28. The van der Waals surface area contributed by atoms with Crippen molar-refractivity contribution < 1.29 is 18.9 Å². The van der Waals surface area contributed by atoms with Gasteiger partial charge in [-0.05, 0) is 6.07 Å². The molecule has 1 aliphatic heterocycles. The van der Waals surface area contributed by atoms with Gasteiger partial charge in [0.25, 0.3) is 23.1 Å². The highest BCUT2D eigenvalue weighted by Gasteiger charge is 2.33. The lowest BCUT2D eigenvalue weighted by atomic mass is 10.1. The maximum absolute atomic E-state index is 13.5. The molecule has 0 radical (unpaired) electrons. The first kappa shape index (κ1) is 14.4. The van der Waals surface area contributed by atoms with Crippen molar-refractivity contribution in [2.75, 3.05) is 5.73 Å². The Labute approximate surface area is 126 Å². The van der Waals surface area contributed by atoms with Gasteiger partial charge in [-0.1, -0.05) is 0 Å². The van der Waals surface area contributed by atoms with Crippen LogP contribution in [0.2, 0.25) is 0 Å². The first-order chi connectivity index (χ1) is 10.8. The Morgan fingerprint density at radius 2 is 1.87 bits per heavy atom. The largest absolute Gasteiger partial charge is 0.384 e. The average molecular weight is 318 g/mol. The third-order valence-electron chi connectivity index (χ3n) is 3.33. The third kappa shape index (κ3) is 2.04. The second-order valence-corrected chi connectivity index (χ2v) is 4.67. The molecule has 0 saturated heterocycles. The third-order valence-corrected chi connectivity index (χ3v) is 3.33. The van der Waals surface area contributed by atoms with E-state index in [0.29, 0.717) is 4.57 Å². The summed E-state index contributed by atoms with van der Waals surface area (Å²) in [5.41, 5.74) is 3.31. The molecule has 0 atom stereocenters. The molecule has 1 aromatic heterocycles. The number of fused-ring (bicyclic) bond motifs is 1. The number of nitrogen functional groups attached to an aromatic ring is 1. The van der Waals surface area contributed by atoms with Crippen LogP contribution in [-0.2, 0) is 0 Å². The minimum atomic E-state index is -0.903. The number of nitrogens with zero attached hydrogens (tertiary/aromatic N) is 2. The van der Waals surface area contributed by atoms with E-state index in [1.54, 1.807) is 0 Å². The van der Waals surface area contributed by atoms with Gasteiger partial charge in [-0.15, -0.1) is 0 Å². The summed E-state index contributed by atoms with van der Waals surface area (Å²) >= 11 is 0.